The summed E-state index contributed by atoms with van der Waals surface area (Å²) in [5, 5.41) is 0. The number of hydrogen-bond donors (Lipinski definition) is 0. The molecule has 0 saturated carbocycles. The zero-order valence-corrected chi connectivity index (χ0v) is 27.4. The number of aromatic nitrogens is 4. The molecule has 4 aromatic rings. The summed E-state index contributed by atoms with van der Waals surface area (Å²) in [6.45, 7) is 8.28. The fourth-order valence-electron chi connectivity index (χ4n) is 5.27. The van der Waals surface area contributed by atoms with Crippen LogP contribution in [0.3, 0.4) is 0 Å². The lowest BCUT2D eigenvalue weighted by molar-refractivity contribution is -0.116. The van der Waals surface area contributed by atoms with E-state index < -0.39 is 15.6 Å². The van der Waals surface area contributed by atoms with Gasteiger partial charge >= 0.3 is 0 Å². The van der Waals surface area contributed by atoms with E-state index in [1.54, 1.807) is 43.6 Å². The van der Waals surface area contributed by atoms with Crippen molar-refractivity contribution in [1.29, 1.82) is 0 Å². The Bertz CT molecular complexity index is 1770. The third-order valence-electron chi connectivity index (χ3n) is 7.60. The Morgan fingerprint density at radius 3 is 2.27 bits per heavy atom. The number of ether oxygens (including phenoxy) is 1. The van der Waals surface area contributed by atoms with Crippen LogP contribution in [0.2, 0.25) is 0 Å². The molecular weight excluding hydrogens is 588 g/mol. The van der Waals surface area contributed by atoms with Crippen LogP contribution in [-0.4, -0.2) is 46.1 Å². The SMILES string of the molecule is CCCCCC(=O)CS(=O)(=O)c1ccccc1-c1ccc(Cc2c(CCCC)nc(C)n(-c3ncc(OCC)cn3)c2=O)cc1. The van der Waals surface area contributed by atoms with Crippen molar-refractivity contribution >= 4 is 15.6 Å². The largest absolute Gasteiger partial charge is 0.491 e. The lowest BCUT2D eigenvalue weighted by atomic mass is 9.98. The molecule has 0 N–H and O–H groups in total. The summed E-state index contributed by atoms with van der Waals surface area (Å²) < 4.78 is 33.4. The van der Waals surface area contributed by atoms with Gasteiger partial charge in [-0.1, -0.05) is 75.6 Å². The van der Waals surface area contributed by atoms with Crippen LogP contribution in [0.4, 0.5) is 0 Å². The number of hydrogen-bond acceptors (Lipinski definition) is 8. The van der Waals surface area contributed by atoms with Crippen LogP contribution in [-0.2, 0) is 27.5 Å². The Kier molecular flexibility index (Phi) is 11.8. The minimum Gasteiger partial charge on any atom is -0.491 e. The highest BCUT2D eigenvalue weighted by atomic mass is 32.2. The summed E-state index contributed by atoms with van der Waals surface area (Å²) in [6, 6.07) is 14.3. The van der Waals surface area contributed by atoms with Gasteiger partial charge in [-0.25, -0.2) is 27.9 Å². The third kappa shape index (κ3) is 8.51. The van der Waals surface area contributed by atoms with Crippen LogP contribution in [0.1, 0.15) is 81.9 Å². The standard InChI is InChI=1S/C35H42N4O5S/c1-5-8-10-13-28(40)24-45(42,43)33-16-12-11-14-30(33)27-19-17-26(18-20-27)21-31-32(15-9-6-2)38-25(4)39(34(31)41)35-36-22-29(23-37-35)44-7-3/h11-12,14,16-20,22-23H,5-10,13,15,21,24H2,1-4H3. The second-order valence-corrected chi connectivity index (χ2v) is 13.1. The summed E-state index contributed by atoms with van der Waals surface area (Å²) in [5.74, 6) is 0.495. The predicted octanol–water partition coefficient (Wildman–Crippen LogP) is 6.25. The second-order valence-electron chi connectivity index (χ2n) is 11.1. The maximum absolute atomic E-state index is 13.9. The molecule has 238 valence electrons. The van der Waals surface area contributed by atoms with E-state index in [4.69, 9.17) is 9.72 Å². The van der Waals surface area contributed by atoms with E-state index in [-0.39, 0.29) is 28.6 Å². The molecule has 2 aromatic heterocycles. The Labute approximate surface area is 265 Å². The maximum atomic E-state index is 13.9. The van der Waals surface area contributed by atoms with Gasteiger partial charge in [0.05, 0.1) is 29.6 Å². The fourth-order valence-corrected chi connectivity index (χ4v) is 6.80. The zero-order valence-electron chi connectivity index (χ0n) is 26.6. The third-order valence-corrected chi connectivity index (χ3v) is 9.33. The van der Waals surface area contributed by atoms with Gasteiger partial charge in [0.1, 0.15) is 17.4 Å². The van der Waals surface area contributed by atoms with E-state index in [1.807, 2.05) is 38.1 Å². The molecule has 0 radical (unpaired) electrons. The number of benzene rings is 2. The van der Waals surface area contributed by atoms with Crippen LogP contribution in [0.25, 0.3) is 17.1 Å². The number of ketones is 1. The molecule has 0 fully saturated rings. The molecule has 2 aromatic carbocycles. The number of carbonyl (C=O) groups excluding carboxylic acids is 1. The van der Waals surface area contributed by atoms with Gasteiger partial charge in [-0.15, -0.1) is 0 Å². The quantitative estimate of drug-likeness (QED) is 0.133. The van der Waals surface area contributed by atoms with Crippen LogP contribution in [0.5, 0.6) is 5.75 Å². The first-order valence-corrected chi connectivity index (χ1v) is 17.3. The van der Waals surface area contributed by atoms with Crippen molar-refractivity contribution in [3.63, 3.8) is 0 Å². The van der Waals surface area contributed by atoms with Crippen molar-refractivity contribution in [1.82, 2.24) is 19.5 Å². The van der Waals surface area contributed by atoms with Crippen molar-refractivity contribution in [2.75, 3.05) is 12.4 Å². The highest BCUT2D eigenvalue weighted by Gasteiger charge is 2.23. The minimum atomic E-state index is -3.82. The monoisotopic (exact) mass is 630 g/mol. The van der Waals surface area contributed by atoms with E-state index >= 15 is 0 Å². The lowest BCUT2D eigenvalue weighted by Gasteiger charge is -2.15. The van der Waals surface area contributed by atoms with Crippen LogP contribution >= 0.6 is 0 Å². The molecule has 4 rings (SSSR count). The maximum Gasteiger partial charge on any atom is 0.264 e. The molecule has 0 amide bonds. The lowest BCUT2D eigenvalue weighted by Crippen LogP contribution is -2.29. The topological polar surface area (TPSA) is 121 Å². The van der Waals surface area contributed by atoms with Crippen molar-refractivity contribution in [2.24, 2.45) is 0 Å². The van der Waals surface area contributed by atoms with Crippen LogP contribution < -0.4 is 10.3 Å². The molecule has 2 heterocycles. The van der Waals surface area contributed by atoms with Crippen LogP contribution in [0, 0.1) is 6.92 Å². The van der Waals surface area contributed by atoms with Crippen molar-refractivity contribution in [3.8, 4) is 22.8 Å². The molecule has 45 heavy (non-hydrogen) atoms. The number of unbranched alkanes of at least 4 members (excludes halogenated alkanes) is 3. The molecule has 9 nitrogen and oxygen atoms in total. The number of sulfone groups is 1. The molecule has 0 spiro atoms. The summed E-state index contributed by atoms with van der Waals surface area (Å²) in [6.07, 6.45) is 8.79. The first-order valence-electron chi connectivity index (χ1n) is 15.7. The van der Waals surface area contributed by atoms with Crippen molar-refractivity contribution < 1.29 is 17.9 Å². The minimum absolute atomic E-state index is 0.143. The Morgan fingerprint density at radius 2 is 1.60 bits per heavy atom. The molecule has 0 aliphatic heterocycles. The van der Waals surface area contributed by atoms with Gasteiger partial charge in [-0.05, 0) is 50.3 Å². The van der Waals surface area contributed by atoms with Gasteiger partial charge in [0.2, 0.25) is 5.95 Å². The Hall–Kier alpha value is -4.18. The molecule has 10 heteroatoms. The van der Waals surface area contributed by atoms with Gasteiger partial charge in [0, 0.05) is 24.0 Å². The van der Waals surface area contributed by atoms with Gasteiger partial charge in [0.15, 0.2) is 15.6 Å². The molecule has 0 atom stereocenters. The summed E-state index contributed by atoms with van der Waals surface area (Å²) in [5.41, 5.74) is 3.24. The van der Waals surface area contributed by atoms with E-state index in [1.165, 1.54) is 4.57 Å². The predicted molar refractivity (Wildman–Crippen MR) is 176 cm³/mol. The van der Waals surface area contributed by atoms with Crippen molar-refractivity contribution in [2.45, 2.75) is 84.0 Å². The Morgan fingerprint density at radius 1 is 0.911 bits per heavy atom. The van der Waals surface area contributed by atoms with E-state index in [9.17, 15) is 18.0 Å². The smallest absolute Gasteiger partial charge is 0.264 e. The van der Waals surface area contributed by atoms with Gasteiger partial charge in [-0.2, -0.15) is 0 Å². The van der Waals surface area contributed by atoms with Gasteiger partial charge in [0.25, 0.3) is 5.56 Å². The first kappa shape index (κ1) is 33.7. The second kappa shape index (κ2) is 15.7. The van der Waals surface area contributed by atoms with E-state index in [0.29, 0.717) is 54.1 Å². The fraction of sp³-hybridized carbons (Fsp3) is 0.400. The number of nitrogens with zero attached hydrogens (tertiary/aromatic N) is 4. The average Bonchev–Trinajstić information content (AvgIpc) is 3.03. The molecule has 0 saturated heterocycles. The molecule has 0 aliphatic carbocycles. The molecule has 0 bridgehead atoms. The number of carbonyl (C=O) groups is 1. The number of Topliss-reactive ketones (excluding diaryl/α,β-unsaturated/α-hetero) is 1. The summed E-state index contributed by atoms with van der Waals surface area (Å²) in [7, 11) is -3.82. The van der Waals surface area contributed by atoms with Crippen LogP contribution in [0.15, 0.2) is 70.6 Å². The average molecular weight is 631 g/mol. The highest BCUT2D eigenvalue weighted by Crippen LogP contribution is 2.29. The van der Waals surface area contributed by atoms with Gasteiger partial charge < -0.3 is 4.74 Å². The molecular formula is C35H42N4O5S. The van der Waals surface area contributed by atoms with E-state index in [2.05, 4.69) is 16.9 Å². The first-order chi connectivity index (χ1) is 21.7. The summed E-state index contributed by atoms with van der Waals surface area (Å²) >= 11 is 0. The number of rotatable bonds is 16. The van der Waals surface area contributed by atoms with Gasteiger partial charge in [-0.3, -0.25) is 9.59 Å². The molecule has 0 unspecified atom stereocenters. The Balaban J connectivity index is 1.65. The van der Waals surface area contributed by atoms with Crippen molar-refractivity contribution in [3.05, 3.63) is 93.9 Å². The van der Waals surface area contributed by atoms with E-state index in [0.717, 1.165) is 36.9 Å². The zero-order chi connectivity index (χ0) is 32.4. The normalized spacial score (nSPS) is 11.5. The number of aryl methyl sites for hydroxylation is 2. The highest BCUT2D eigenvalue weighted by molar-refractivity contribution is 7.92. The summed E-state index contributed by atoms with van der Waals surface area (Å²) in [4.78, 5) is 40.0. The molecule has 0 aliphatic rings.